The molecule has 0 bridgehead atoms. The molecule has 1 atom stereocenters. The third kappa shape index (κ3) is 3.27. The molecule has 0 saturated carbocycles. The largest absolute Gasteiger partial charge is 0.310 e. The Balaban J connectivity index is 1.69. The summed E-state index contributed by atoms with van der Waals surface area (Å²) in [5.74, 6) is -0.131. The fraction of sp³-hybridized carbons (Fsp3) is 0.316. The van der Waals surface area contributed by atoms with Gasteiger partial charge in [-0.05, 0) is 49.7 Å². The zero-order valence-electron chi connectivity index (χ0n) is 13.5. The van der Waals surface area contributed by atoms with Gasteiger partial charge in [0.2, 0.25) is 5.91 Å². The molecule has 0 spiro atoms. The monoisotopic (exact) mass is 312 g/mol. The molecule has 0 saturated heterocycles. The van der Waals surface area contributed by atoms with E-state index in [-0.39, 0.29) is 17.8 Å². The van der Waals surface area contributed by atoms with Crippen LogP contribution in [0.3, 0.4) is 0 Å². The van der Waals surface area contributed by atoms with E-state index >= 15 is 0 Å². The fourth-order valence-corrected chi connectivity index (χ4v) is 3.00. The Morgan fingerprint density at radius 1 is 1.22 bits per heavy atom. The first-order chi connectivity index (χ1) is 11.1. The molecular weight excluding hydrogens is 291 g/mol. The molecule has 2 aromatic rings. The minimum Gasteiger partial charge on any atom is -0.310 e. The van der Waals surface area contributed by atoms with Gasteiger partial charge >= 0.3 is 0 Å². The zero-order valence-corrected chi connectivity index (χ0v) is 13.5. The molecule has 1 aliphatic heterocycles. The molecule has 0 fully saturated rings. The summed E-state index contributed by atoms with van der Waals surface area (Å²) in [6.07, 6.45) is 0.913. The Kier molecular flexibility index (Phi) is 4.44. The standard InChI is InChI=1S/C19H21FN2O/c1-14(21(2)13-15-7-9-17(20)10-8-15)19(23)22-12-11-16-5-3-4-6-18(16)22/h3-10,14H,11-13H2,1-2H3/t14-/m1/s1. The zero-order chi connectivity index (χ0) is 16.4. The number of anilines is 1. The molecule has 0 unspecified atom stereocenters. The fourth-order valence-electron chi connectivity index (χ4n) is 3.00. The van der Waals surface area contributed by atoms with Gasteiger partial charge in [0.15, 0.2) is 0 Å². The lowest BCUT2D eigenvalue weighted by Gasteiger charge is -2.28. The van der Waals surface area contributed by atoms with E-state index in [2.05, 4.69) is 6.07 Å². The Hall–Kier alpha value is -2.20. The number of rotatable bonds is 4. The number of fused-ring (bicyclic) bond motifs is 1. The van der Waals surface area contributed by atoms with Crippen molar-refractivity contribution < 1.29 is 9.18 Å². The molecule has 3 rings (SSSR count). The van der Waals surface area contributed by atoms with E-state index < -0.39 is 0 Å². The molecule has 0 aromatic heterocycles. The molecule has 1 heterocycles. The molecule has 23 heavy (non-hydrogen) atoms. The lowest BCUT2D eigenvalue weighted by atomic mass is 10.1. The highest BCUT2D eigenvalue weighted by Gasteiger charge is 2.29. The molecule has 4 heteroatoms. The molecule has 2 aromatic carbocycles. The van der Waals surface area contributed by atoms with Gasteiger partial charge < -0.3 is 4.90 Å². The number of likely N-dealkylation sites (N-methyl/N-ethyl adjacent to an activating group) is 1. The van der Waals surface area contributed by atoms with E-state index in [1.807, 2.05) is 42.0 Å². The van der Waals surface area contributed by atoms with Gasteiger partial charge in [-0.25, -0.2) is 4.39 Å². The van der Waals surface area contributed by atoms with E-state index in [9.17, 15) is 9.18 Å². The molecular formula is C19H21FN2O. The first kappa shape index (κ1) is 15.7. The lowest BCUT2D eigenvalue weighted by molar-refractivity contribution is -0.122. The van der Waals surface area contributed by atoms with Gasteiger partial charge in [-0.2, -0.15) is 0 Å². The highest BCUT2D eigenvalue weighted by atomic mass is 19.1. The van der Waals surface area contributed by atoms with E-state index in [1.54, 1.807) is 12.1 Å². The van der Waals surface area contributed by atoms with Crippen LogP contribution in [0.4, 0.5) is 10.1 Å². The van der Waals surface area contributed by atoms with Crippen LogP contribution in [0.5, 0.6) is 0 Å². The molecule has 0 radical (unpaired) electrons. The third-order valence-electron chi connectivity index (χ3n) is 4.52. The summed E-state index contributed by atoms with van der Waals surface area (Å²) >= 11 is 0. The van der Waals surface area contributed by atoms with Crippen LogP contribution in [0.25, 0.3) is 0 Å². The Labute approximate surface area is 136 Å². The molecule has 120 valence electrons. The molecule has 0 aliphatic carbocycles. The highest BCUT2D eigenvalue weighted by Crippen LogP contribution is 2.28. The molecule has 0 N–H and O–H groups in total. The van der Waals surface area contributed by atoms with E-state index in [4.69, 9.17) is 0 Å². The summed E-state index contributed by atoms with van der Waals surface area (Å²) < 4.78 is 13.0. The molecule has 1 aliphatic rings. The van der Waals surface area contributed by atoms with Gasteiger partial charge in [0.05, 0.1) is 6.04 Å². The number of nitrogens with zero attached hydrogens (tertiary/aromatic N) is 2. The van der Waals surface area contributed by atoms with Gasteiger partial charge in [-0.3, -0.25) is 9.69 Å². The smallest absolute Gasteiger partial charge is 0.244 e. The maximum atomic E-state index is 13.0. The van der Waals surface area contributed by atoms with Crippen LogP contribution in [0, 0.1) is 5.82 Å². The first-order valence-corrected chi connectivity index (χ1v) is 7.90. The SMILES string of the molecule is C[C@H](C(=O)N1CCc2ccccc21)N(C)Cc1ccc(F)cc1. The predicted molar refractivity (Wildman–Crippen MR) is 89.8 cm³/mol. The maximum absolute atomic E-state index is 13.0. The van der Waals surface area contributed by atoms with Crippen LogP contribution in [-0.2, 0) is 17.8 Å². The van der Waals surface area contributed by atoms with Crippen molar-refractivity contribution in [3.63, 3.8) is 0 Å². The number of benzene rings is 2. The van der Waals surface area contributed by atoms with Crippen molar-refractivity contribution in [3.8, 4) is 0 Å². The second-order valence-electron chi connectivity index (χ2n) is 6.09. The number of halogens is 1. The first-order valence-electron chi connectivity index (χ1n) is 7.90. The van der Waals surface area contributed by atoms with Gasteiger partial charge in [-0.15, -0.1) is 0 Å². The van der Waals surface area contributed by atoms with Crippen LogP contribution in [0.15, 0.2) is 48.5 Å². The van der Waals surface area contributed by atoms with Crippen molar-refractivity contribution in [2.24, 2.45) is 0 Å². The topological polar surface area (TPSA) is 23.6 Å². The number of carbonyl (C=O) groups is 1. The van der Waals surface area contributed by atoms with Gasteiger partial charge in [-0.1, -0.05) is 30.3 Å². The average molecular weight is 312 g/mol. The summed E-state index contributed by atoms with van der Waals surface area (Å²) in [4.78, 5) is 16.7. The number of para-hydroxylation sites is 1. The van der Waals surface area contributed by atoms with Gasteiger partial charge in [0.25, 0.3) is 0 Å². The third-order valence-corrected chi connectivity index (χ3v) is 4.52. The second kappa shape index (κ2) is 6.50. The van der Waals surface area contributed by atoms with Crippen molar-refractivity contribution in [2.45, 2.75) is 25.9 Å². The number of amides is 1. The number of carbonyl (C=O) groups excluding carboxylic acids is 1. The van der Waals surface area contributed by atoms with Crippen LogP contribution in [0.2, 0.25) is 0 Å². The van der Waals surface area contributed by atoms with E-state index in [0.29, 0.717) is 6.54 Å². The Morgan fingerprint density at radius 2 is 1.91 bits per heavy atom. The maximum Gasteiger partial charge on any atom is 0.244 e. The van der Waals surface area contributed by atoms with E-state index in [1.165, 1.54) is 17.7 Å². The Morgan fingerprint density at radius 3 is 2.65 bits per heavy atom. The van der Waals surface area contributed by atoms with E-state index in [0.717, 1.165) is 24.2 Å². The summed E-state index contributed by atoms with van der Waals surface area (Å²) in [5, 5.41) is 0. The van der Waals surface area contributed by atoms with Crippen molar-refractivity contribution in [3.05, 3.63) is 65.5 Å². The molecule has 1 amide bonds. The van der Waals surface area contributed by atoms with Crippen LogP contribution in [-0.4, -0.2) is 30.4 Å². The quantitative estimate of drug-likeness (QED) is 0.865. The lowest BCUT2D eigenvalue weighted by Crippen LogP contribution is -2.45. The predicted octanol–water partition coefficient (Wildman–Crippen LogP) is 3.24. The molecule has 3 nitrogen and oxygen atoms in total. The second-order valence-corrected chi connectivity index (χ2v) is 6.09. The van der Waals surface area contributed by atoms with Crippen molar-refractivity contribution in [1.82, 2.24) is 4.90 Å². The van der Waals surface area contributed by atoms with Crippen molar-refractivity contribution in [1.29, 1.82) is 0 Å². The summed E-state index contributed by atoms with van der Waals surface area (Å²) in [7, 11) is 1.92. The summed E-state index contributed by atoms with van der Waals surface area (Å²) in [6, 6.07) is 14.3. The summed E-state index contributed by atoms with van der Waals surface area (Å²) in [6.45, 7) is 3.28. The van der Waals surface area contributed by atoms with Crippen LogP contribution < -0.4 is 4.90 Å². The van der Waals surface area contributed by atoms with Crippen LogP contribution in [0.1, 0.15) is 18.1 Å². The van der Waals surface area contributed by atoms with Gasteiger partial charge in [0, 0.05) is 18.8 Å². The van der Waals surface area contributed by atoms with Crippen LogP contribution >= 0.6 is 0 Å². The Bertz CT molecular complexity index is 699. The van der Waals surface area contributed by atoms with Crippen molar-refractivity contribution >= 4 is 11.6 Å². The van der Waals surface area contributed by atoms with Crippen molar-refractivity contribution in [2.75, 3.05) is 18.5 Å². The number of hydrogen-bond donors (Lipinski definition) is 0. The normalized spacial score (nSPS) is 14.9. The minimum absolute atomic E-state index is 0.111. The highest BCUT2D eigenvalue weighted by molar-refractivity contribution is 5.98. The summed E-state index contributed by atoms with van der Waals surface area (Å²) in [5.41, 5.74) is 3.25. The van der Waals surface area contributed by atoms with Gasteiger partial charge in [0.1, 0.15) is 5.82 Å². The average Bonchev–Trinajstić information content (AvgIpc) is 2.99. The number of hydrogen-bond acceptors (Lipinski definition) is 2. The minimum atomic E-state index is -0.241.